The molecule has 0 saturated carbocycles. The maximum atomic E-state index is 15.3. The van der Waals surface area contributed by atoms with E-state index >= 15 is 4.39 Å². The normalized spacial score (nSPS) is 13.7. The van der Waals surface area contributed by atoms with Gasteiger partial charge in [0, 0.05) is 40.3 Å². The van der Waals surface area contributed by atoms with Gasteiger partial charge in [-0.1, -0.05) is 46.2 Å². The van der Waals surface area contributed by atoms with Crippen LogP contribution in [0.4, 0.5) is 9.18 Å². The van der Waals surface area contributed by atoms with Gasteiger partial charge in [0.25, 0.3) is 0 Å². The summed E-state index contributed by atoms with van der Waals surface area (Å²) in [5.74, 6) is 0.360. The highest BCUT2D eigenvalue weighted by Crippen LogP contribution is 2.35. The van der Waals surface area contributed by atoms with Crippen molar-refractivity contribution in [2.75, 3.05) is 20.0 Å². The number of aryl methyl sites for hydroxylation is 1. The van der Waals surface area contributed by atoms with Crippen molar-refractivity contribution < 1.29 is 28.1 Å². The number of carbonyl (C=O) groups excluding carboxylic acids is 1. The molecule has 0 atom stereocenters. The summed E-state index contributed by atoms with van der Waals surface area (Å²) in [5, 5.41) is 8.48. The third-order valence-electron chi connectivity index (χ3n) is 8.46. The Balaban J connectivity index is 1.40. The van der Waals surface area contributed by atoms with Crippen LogP contribution in [0.25, 0.3) is 33.8 Å². The van der Waals surface area contributed by atoms with Gasteiger partial charge in [-0.05, 0) is 69.1 Å². The summed E-state index contributed by atoms with van der Waals surface area (Å²) in [6.45, 7) is 23.6. The summed E-state index contributed by atoms with van der Waals surface area (Å²) in [5.41, 5.74) is 4.48. The first-order chi connectivity index (χ1) is 23.4. The number of nitrogens with zero attached hydrogens (tertiary/aromatic N) is 5. The molecule has 0 spiro atoms. The van der Waals surface area contributed by atoms with Gasteiger partial charge in [-0.25, -0.2) is 19.2 Å². The smallest absolute Gasteiger partial charge is 0.410 e. The SMILES string of the molecule is CCc1cc(OCOCC[Si](C)(C)C)c(F)cc1-c1ccc2c(-c3nc4c(n3COCC[Si](C)(C)C)CN(C(=O)OC(C)(C)C)C4)[nH]nc2n1. The lowest BCUT2D eigenvalue weighted by atomic mass is 10.0. The van der Waals surface area contributed by atoms with E-state index in [1.54, 1.807) is 11.0 Å². The highest BCUT2D eigenvalue weighted by Gasteiger charge is 2.34. The standard InChI is InChI=1S/C36H53FN6O5Si2/c1-11-24-18-31(47-23-46-15-17-50(8,9)10)27(37)19-26(24)28-13-12-25-32(40-41-33(25)38-28)34-39-29-20-42(35(44)48-36(2,3)4)21-30(29)43(34)22-45-14-16-49(5,6)7/h12-13,18-19H,11,14-17,20-23H2,1-10H3,(H,38,40,41). The first-order valence-electron chi connectivity index (χ1n) is 17.5. The third kappa shape index (κ3) is 9.39. The Morgan fingerprint density at radius 2 is 1.68 bits per heavy atom. The molecule has 0 radical (unpaired) electrons. The van der Waals surface area contributed by atoms with Crippen LogP contribution in [0.15, 0.2) is 24.3 Å². The highest BCUT2D eigenvalue weighted by atomic mass is 28.3. The lowest BCUT2D eigenvalue weighted by Crippen LogP contribution is -2.34. The van der Waals surface area contributed by atoms with Gasteiger partial charge in [-0.15, -0.1) is 0 Å². The van der Waals surface area contributed by atoms with Crippen molar-refractivity contribution in [3.05, 3.63) is 47.0 Å². The molecule has 1 amide bonds. The summed E-state index contributed by atoms with van der Waals surface area (Å²) in [4.78, 5) is 24.4. The second kappa shape index (κ2) is 14.9. The molecular formula is C36H53FN6O5Si2. The zero-order valence-electron chi connectivity index (χ0n) is 31.3. The Bertz CT molecular complexity index is 1820. The van der Waals surface area contributed by atoms with E-state index in [1.807, 2.05) is 44.4 Å². The first-order valence-corrected chi connectivity index (χ1v) is 24.9. The number of imidazole rings is 1. The van der Waals surface area contributed by atoms with Crippen molar-refractivity contribution in [3.63, 3.8) is 0 Å². The number of halogens is 1. The number of benzene rings is 1. The molecule has 3 aromatic heterocycles. The largest absolute Gasteiger partial charge is 0.464 e. The molecule has 4 heterocycles. The van der Waals surface area contributed by atoms with Crippen LogP contribution in [0, 0.1) is 5.82 Å². The molecule has 0 unspecified atom stereocenters. The number of amides is 1. The average molecular weight is 725 g/mol. The number of rotatable bonds is 14. The van der Waals surface area contributed by atoms with Gasteiger partial charge in [-0.2, -0.15) is 5.10 Å². The van der Waals surface area contributed by atoms with Crippen LogP contribution in [0.1, 0.15) is 44.6 Å². The Morgan fingerprint density at radius 1 is 0.980 bits per heavy atom. The van der Waals surface area contributed by atoms with Crippen LogP contribution in [0.3, 0.4) is 0 Å². The Kier molecular flexibility index (Phi) is 11.3. The molecule has 14 heteroatoms. The number of hydrogen-bond donors (Lipinski definition) is 1. The molecule has 1 aromatic carbocycles. The number of H-pyrrole nitrogens is 1. The van der Waals surface area contributed by atoms with Crippen molar-refractivity contribution in [3.8, 4) is 28.5 Å². The Hall–Kier alpha value is -3.60. The lowest BCUT2D eigenvalue weighted by Gasteiger charge is -2.24. The molecule has 0 bridgehead atoms. The van der Waals surface area contributed by atoms with E-state index in [9.17, 15) is 4.79 Å². The zero-order chi connectivity index (χ0) is 36.4. The van der Waals surface area contributed by atoms with Crippen molar-refractivity contribution >= 4 is 33.3 Å². The summed E-state index contributed by atoms with van der Waals surface area (Å²) in [7, 11) is -2.51. The highest BCUT2D eigenvalue weighted by molar-refractivity contribution is 6.76. The first kappa shape index (κ1) is 37.7. The van der Waals surface area contributed by atoms with Gasteiger partial charge in [0.2, 0.25) is 0 Å². The molecule has 0 fully saturated rings. The second-order valence-corrected chi connectivity index (χ2v) is 27.6. The average Bonchev–Trinajstić information content (AvgIpc) is 3.70. The van der Waals surface area contributed by atoms with Crippen LogP contribution in [-0.2, 0) is 40.5 Å². The van der Waals surface area contributed by atoms with Gasteiger partial charge >= 0.3 is 6.09 Å². The van der Waals surface area contributed by atoms with Crippen molar-refractivity contribution in [2.24, 2.45) is 0 Å². The van der Waals surface area contributed by atoms with Crippen LogP contribution in [-0.4, -0.2) is 77.5 Å². The minimum absolute atomic E-state index is 0.00569. The fourth-order valence-electron chi connectivity index (χ4n) is 5.57. The summed E-state index contributed by atoms with van der Waals surface area (Å²) in [6.07, 6.45) is 0.287. The molecular weight excluding hydrogens is 672 g/mol. The van der Waals surface area contributed by atoms with Gasteiger partial charge in [0.1, 0.15) is 18.0 Å². The van der Waals surface area contributed by atoms with E-state index in [-0.39, 0.29) is 25.4 Å². The fourth-order valence-corrected chi connectivity index (χ4v) is 7.09. The molecule has 4 aromatic rings. The van der Waals surface area contributed by atoms with Crippen LogP contribution in [0.5, 0.6) is 5.75 Å². The molecule has 11 nitrogen and oxygen atoms in total. The molecule has 50 heavy (non-hydrogen) atoms. The van der Waals surface area contributed by atoms with Gasteiger partial charge in [-0.3, -0.25) is 10.00 Å². The molecule has 0 saturated heterocycles. The van der Waals surface area contributed by atoms with Gasteiger partial charge in [0.15, 0.2) is 29.8 Å². The van der Waals surface area contributed by atoms with E-state index in [2.05, 4.69) is 49.5 Å². The van der Waals surface area contributed by atoms with Gasteiger partial charge in [0.05, 0.1) is 30.2 Å². The fraction of sp³-hybridized carbons (Fsp3) is 0.556. The zero-order valence-corrected chi connectivity index (χ0v) is 33.3. The van der Waals surface area contributed by atoms with E-state index in [0.717, 1.165) is 34.4 Å². The van der Waals surface area contributed by atoms with E-state index in [4.69, 9.17) is 28.9 Å². The number of fused-ring (bicyclic) bond motifs is 2. The molecule has 5 rings (SSSR count). The predicted molar refractivity (Wildman–Crippen MR) is 199 cm³/mol. The lowest BCUT2D eigenvalue weighted by molar-refractivity contribution is 0.0197. The third-order valence-corrected chi connectivity index (χ3v) is 11.9. The van der Waals surface area contributed by atoms with Gasteiger partial charge < -0.3 is 23.5 Å². The summed E-state index contributed by atoms with van der Waals surface area (Å²) in [6, 6.07) is 9.07. The van der Waals surface area contributed by atoms with Crippen LogP contribution >= 0.6 is 0 Å². The van der Waals surface area contributed by atoms with Crippen molar-refractivity contribution in [2.45, 2.75) is 111 Å². The monoisotopic (exact) mass is 724 g/mol. The predicted octanol–water partition coefficient (Wildman–Crippen LogP) is 8.44. The molecule has 1 aliphatic heterocycles. The van der Waals surface area contributed by atoms with Crippen molar-refractivity contribution in [1.82, 2.24) is 29.6 Å². The second-order valence-electron chi connectivity index (χ2n) is 16.4. The maximum absolute atomic E-state index is 15.3. The van der Waals surface area contributed by atoms with E-state index < -0.39 is 27.6 Å². The Morgan fingerprint density at radius 3 is 2.34 bits per heavy atom. The number of pyridine rings is 1. The van der Waals surface area contributed by atoms with Crippen LogP contribution in [0.2, 0.25) is 51.4 Å². The minimum Gasteiger partial charge on any atom is -0.464 e. The molecule has 1 aliphatic rings. The van der Waals surface area contributed by atoms with E-state index in [1.165, 1.54) is 6.07 Å². The quantitative estimate of drug-likeness (QED) is 0.0783. The topological polar surface area (TPSA) is 117 Å². The number of carbonyl (C=O) groups is 1. The number of aromatic nitrogens is 5. The molecule has 0 aliphatic carbocycles. The Labute approximate surface area is 296 Å². The maximum Gasteiger partial charge on any atom is 0.410 e. The van der Waals surface area contributed by atoms with E-state index in [0.29, 0.717) is 61.1 Å². The number of aromatic amines is 1. The number of hydrogen-bond acceptors (Lipinski definition) is 8. The van der Waals surface area contributed by atoms with Crippen LogP contribution < -0.4 is 4.74 Å². The molecule has 272 valence electrons. The summed E-state index contributed by atoms with van der Waals surface area (Å²) >= 11 is 0. The number of nitrogens with one attached hydrogen (secondary N) is 1. The van der Waals surface area contributed by atoms with Crippen molar-refractivity contribution in [1.29, 1.82) is 0 Å². The summed E-state index contributed by atoms with van der Waals surface area (Å²) < 4.78 is 40.4. The molecule has 1 N–H and O–H groups in total. The minimum atomic E-state index is -1.29. The number of ether oxygens (including phenoxy) is 4.